The molecule has 5 nitrogen and oxygen atoms in total. The molecule has 144 valence electrons. The zero-order valence-corrected chi connectivity index (χ0v) is 16.9. The molecular weight excluding hydrogens is 381 g/mol. The van der Waals surface area contributed by atoms with Crippen molar-refractivity contribution in [3.63, 3.8) is 0 Å². The van der Waals surface area contributed by atoms with Gasteiger partial charge in [0.25, 0.3) is 0 Å². The molecule has 2 aromatic rings. The predicted octanol–water partition coefficient (Wildman–Crippen LogP) is 4.18. The molecule has 0 unspecified atom stereocenters. The lowest BCUT2D eigenvalue weighted by Gasteiger charge is -2.36. The summed E-state index contributed by atoms with van der Waals surface area (Å²) in [5, 5.41) is 4.65. The van der Waals surface area contributed by atoms with Crippen molar-refractivity contribution in [1.29, 1.82) is 0 Å². The lowest BCUT2D eigenvalue weighted by Crippen LogP contribution is -2.46. The average Bonchev–Trinajstić information content (AvgIpc) is 3.11. The molecule has 1 N–H and O–H groups in total. The Labute approximate surface area is 170 Å². The van der Waals surface area contributed by atoms with Gasteiger partial charge in [-0.3, -0.25) is 4.90 Å². The first-order valence-electron chi connectivity index (χ1n) is 9.57. The van der Waals surface area contributed by atoms with Crippen LogP contribution < -0.4 is 15.1 Å². The molecule has 27 heavy (non-hydrogen) atoms. The minimum atomic E-state index is 0.629. The van der Waals surface area contributed by atoms with Crippen LogP contribution in [0.15, 0.2) is 36.5 Å². The Morgan fingerprint density at radius 2 is 1.70 bits per heavy atom. The molecule has 0 saturated carbocycles. The van der Waals surface area contributed by atoms with Crippen LogP contribution in [0.5, 0.6) is 0 Å². The highest BCUT2D eigenvalue weighted by Gasteiger charge is 2.20. The van der Waals surface area contributed by atoms with Crippen LogP contribution in [-0.2, 0) is 0 Å². The highest BCUT2D eigenvalue weighted by Crippen LogP contribution is 2.33. The first-order chi connectivity index (χ1) is 13.2. The Morgan fingerprint density at radius 3 is 2.56 bits per heavy atom. The van der Waals surface area contributed by atoms with Crippen molar-refractivity contribution in [3.8, 4) is 0 Å². The van der Waals surface area contributed by atoms with Crippen LogP contribution in [0, 0.1) is 0 Å². The molecular formula is C20H25Cl2N5. The van der Waals surface area contributed by atoms with E-state index in [1.165, 1.54) is 18.5 Å². The van der Waals surface area contributed by atoms with Gasteiger partial charge in [-0.05, 0) is 43.7 Å². The summed E-state index contributed by atoms with van der Waals surface area (Å²) in [7, 11) is 0. The number of unbranched alkanes of at least 4 members (excludes halogenated alkanes) is 1. The van der Waals surface area contributed by atoms with E-state index in [-0.39, 0.29) is 0 Å². The molecule has 1 aromatic carbocycles. The second-order valence-corrected chi connectivity index (χ2v) is 7.86. The number of fused-ring (bicyclic) bond motifs is 1. The van der Waals surface area contributed by atoms with E-state index in [9.17, 15) is 0 Å². The van der Waals surface area contributed by atoms with Crippen LogP contribution in [0.2, 0.25) is 10.0 Å². The molecule has 1 fully saturated rings. The maximum Gasteiger partial charge on any atom is 0.150 e. The Hall–Kier alpha value is -1.69. The SMILES string of the molecule is Clc1cccc(N2CCN(CCCCN3CNc4ncccc43)CC2)c1Cl. The van der Waals surface area contributed by atoms with Gasteiger partial charge >= 0.3 is 0 Å². The van der Waals surface area contributed by atoms with E-state index in [1.807, 2.05) is 24.4 Å². The second-order valence-electron chi connectivity index (χ2n) is 7.08. The van der Waals surface area contributed by atoms with Gasteiger partial charge in [0.2, 0.25) is 0 Å². The van der Waals surface area contributed by atoms with E-state index in [2.05, 4.69) is 37.1 Å². The third-order valence-corrected chi connectivity index (χ3v) is 6.17. The highest BCUT2D eigenvalue weighted by molar-refractivity contribution is 6.43. The molecule has 0 atom stereocenters. The largest absolute Gasteiger partial charge is 0.368 e. The Morgan fingerprint density at radius 1 is 0.926 bits per heavy atom. The van der Waals surface area contributed by atoms with Crippen LogP contribution in [0.4, 0.5) is 17.2 Å². The number of piperazine rings is 1. The van der Waals surface area contributed by atoms with Gasteiger partial charge in [0.05, 0.1) is 28.1 Å². The van der Waals surface area contributed by atoms with Crippen LogP contribution in [0.3, 0.4) is 0 Å². The standard InChI is InChI=1S/C20H25Cl2N5/c21-16-5-3-6-17(19(16)22)26-13-11-25(12-14-26)9-1-2-10-27-15-24-20-18(27)7-4-8-23-20/h3-8H,1-2,9-15H2,(H,23,24). The lowest BCUT2D eigenvalue weighted by molar-refractivity contribution is 0.253. The maximum absolute atomic E-state index is 6.36. The van der Waals surface area contributed by atoms with Crippen LogP contribution >= 0.6 is 23.2 Å². The zero-order chi connectivity index (χ0) is 18.6. The van der Waals surface area contributed by atoms with E-state index in [1.54, 1.807) is 0 Å². The zero-order valence-electron chi connectivity index (χ0n) is 15.4. The van der Waals surface area contributed by atoms with Gasteiger partial charge in [0, 0.05) is 38.9 Å². The van der Waals surface area contributed by atoms with Crippen molar-refractivity contribution in [2.45, 2.75) is 12.8 Å². The number of rotatable bonds is 6. The fourth-order valence-electron chi connectivity index (χ4n) is 3.83. The molecule has 4 rings (SSSR count). The van der Waals surface area contributed by atoms with Gasteiger partial charge in [-0.1, -0.05) is 29.3 Å². The van der Waals surface area contributed by atoms with Crippen molar-refractivity contribution in [2.75, 3.05) is 61.1 Å². The van der Waals surface area contributed by atoms with E-state index in [0.29, 0.717) is 10.0 Å². The minimum absolute atomic E-state index is 0.629. The molecule has 1 aromatic heterocycles. The van der Waals surface area contributed by atoms with Crippen LogP contribution in [-0.4, -0.2) is 55.8 Å². The molecule has 0 bridgehead atoms. The first-order valence-corrected chi connectivity index (χ1v) is 10.3. The number of nitrogens with one attached hydrogen (secondary N) is 1. The van der Waals surface area contributed by atoms with Crippen molar-refractivity contribution in [3.05, 3.63) is 46.6 Å². The van der Waals surface area contributed by atoms with Gasteiger partial charge in [0.15, 0.2) is 5.82 Å². The highest BCUT2D eigenvalue weighted by atomic mass is 35.5. The average molecular weight is 406 g/mol. The molecule has 0 spiro atoms. The number of aromatic nitrogens is 1. The summed E-state index contributed by atoms with van der Waals surface area (Å²) in [6.07, 6.45) is 4.24. The predicted molar refractivity (Wildman–Crippen MR) is 114 cm³/mol. The summed E-state index contributed by atoms with van der Waals surface area (Å²) < 4.78 is 0. The summed E-state index contributed by atoms with van der Waals surface area (Å²) in [6.45, 7) is 7.22. The summed E-state index contributed by atoms with van der Waals surface area (Å²) >= 11 is 12.5. The summed E-state index contributed by atoms with van der Waals surface area (Å²) in [4.78, 5) is 11.6. The lowest BCUT2D eigenvalue weighted by atomic mass is 10.2. The molecule has 0 radical (unpaired) electrons. The number of benzene rings is 1. The monoisotopic (exact) mass is 405 g/mol. The van der Waals surface area contributed by atoms with Crippen LogP contribution in [0.1, 0.15) is 12.8 Å². The number of nitrogens with zero attached hydrogens (tertiary/aromatic N) is 4. The van der Waals surface area contributed by atoms with Gasteiger partial charge < -0.3 is 15.1 Å². The van der Waals surface area contributed by atoms with E-state index >= 15 is 0 Å². The van der Waals surface area contributed by atoms with E-state index in [0.717, 1.165) is 57.4 Å². The molecule has 3 heterocycles. The summed E-state index contributed by atoms with van der Waals surface area (Å²) in [5.74, 6) is 1.01. The Kier molecular flexibility index (Phi) is 5.91. The van der Waals surface area contributed by atoms with Crippen molar-refractivity contribution in [2.24, 2.45) is 0 Å². The third-order valence-electron chi connectivity index (χ3n) is 5.36. The number of hydrogen-bond donors (Lipinski definition) is 1. The van der Waals surface area contributed by atoms with Gasteiger partial charge in [0.1, 0.15) is 0 Å². The number of anilines is 3. The summed E-state index contributed by atoms with van der Waals surface area (Å²) in [6, 6.07) is 10.0. The number of halogens is 2. The quantitative estimate of drug-likeness (QED) is 0.729. The van der Waals surface area contributed by atoms with Gasteiger partial charge in [-0.15, -0.1) is 0 Å². The normalized spacial score (nSPS) is 17.1. The Bertz CT molecular complexity index is 777. The van der Waals surface area contributed by atoms with Gasteiger partial charge in [-0.2, -0.15) is 0 Å². The molecule has 0 aliphatic carbocycles. The maximum atomic E-state index is 6.36. The van der Waals surface area contributed by atoms with Gasteiger partial charge in [-0.25, -0.2) is 4.98 Å². The fraction of sp³-hybridized carbons (Fsp3) is 0.450. The molecule has 1 saturated heterocycles. The third kappa shape index (κ3) is 4.26. The Balaban J connectivity index is 1.19. The van der Waals surface area contributed by atoms with Crippen molar-refractivity contribution in [1.82, 2.24) is 9.88 Å². The molecule has 0 amide bonds. The molecule has 7 heteroatoms. The molecule has 2 aliphatic heterocycles. The van der Waals surface area contributed by atoms with Crippen molar-refractivity contribution >= 4 is 40.4 Å². The second kappa shape index (κ2) is 8.55. The molecule has 2 aliphatic rings. The van der Waals surface area contributed by atoms with E-state index < -0.39 is 0 Å². The van der Waals surface area contributed by atoms with Crippen molar-refractivity contribution < 1.29 is 0 Å². The van der Waals surface area contributed by atoms with Crippen LogP contribution in [0.25, 0.3) is 0 Å². The summed E-state index contributed by atoms with van der Waals surface area (Å²) in [5.41, 5.74) is 2.28. The number of pyridine rings is 1. The topological polar surface area (TPSA) is 34.6 Å². The smallest absolute Gasteiger partial charge is 0.150 e. The minimum Gasteiger partial charge on any atom is -0.368 e. The van der Waals surface area contributed by atoms with E-state index in [4.69, 9.17) is 23.2 Å². The first kappa shape index (κ1) is 18.7. The number of hydrogen-bond acceptors (Lipinski definition) is 5. The fourth-order valence-corrected chi connectivity index (χ4v) is 4.25.